The van der Waals surface area contributed by atoms with Gasteiger partial charge in [-0.2, -0.15) is 0 Å². The molecular formula is C54H36N2O. The Labute approximate surface area is 331 Å². The lowest BCUT2D eigenvalue weighted by Gasteiger charge is -2.35. The van der Waals surface area contributed by atoms with Crippen LogP contribution in [0.3, 0.4) is 0 Å². The van der Waals surface area contributed by atoms with Crippen LogP contribution in [0.4, 0.5) is 17.1 Å². The van der Waals surface area contributed by atoms with Crippen LogP contribution >= 0.6 is 0 Å². The van der Waals surface area contributed by atoms with Gasteiger partial charge in [-0.3, -0.25) is 0 Å². The molecule has 1 aromatic heterocycles. The van der Waals surface area contributed by atoms with Crippen molar-refractivity contribution < 1.29 is 4.42 Å². The first-order valence-electron chi connectivity index (χ1n) is 19.5. The average molecular weight is 729 g/mol. The Hall–Kier alpha value is -7.49. The van der Waals surface area contributed by atoms with Gasteiger partial charge in [-0.05, 0) is 98.4 Å². The fourth-order valence-corrected chi connectivity index (χ4v) is 9.02. The molecule has 11 rings (SSSR count). The highest BCUT2D eigenvalue weighted by Gasteiger charge is 2.46. The van der Waals surface area contributed by atoms with E-state index in [0.717, 1.165) is 39.3 Å². The molecule has 0 saturated carbocycles. The van der Waals surface area contributed by atoms with Crippen LogP contribution in [0.2, 0.25) is 0 Å². The average Bonchev–Trinajstić information content (AvgIpc) is 3.85. The van der Waals surface area contributed by atoms with Crippen molar-refractivity contribution in [1.82, 2.24) is 4.98 Å². The van der Waals surface area contributed by atoms with E-state index in [-0.39, 0.29) is 0 Å². The summed E-state index contributed by atoms with van der Waals surface area (Å²) >= 11 is 0. The third-order valence-electron chi connectivity index (χ3n) is 11.6. The van der Waals surface area contributed by atoms with Gasteiger partial charge >= 0.3 is 0 Å². The third-order valence-corrected chi connectivity index (χ3v) is 11.6. The van der Waals surface area contributed by atoms with E-state index in [9.17, 15) is 0 Å². The molecule has 0 N–H and O–H groups in total. The number of benzene rings is 9. The monoisotopic (exact) mass is 728 g/mol. The number of hydrogen-bond donors (Lipinski definition) is 0. The van der Waals surface area contributed by atoms with Crippen molar-refractivity contribution in [2.75, 3.05) is 4.90 Å². The molecule has 1 aliphatic carbocycles. The highest BCUT2D eigenvalue weighted by Crippen LogP contribution is 2.57. The molecule has 10 aromatic rings. The maximum absolute atomic E-state index is 6.41. The molecule has 3 heteroatoms. The molecular weight excluding hydrogens is 693 g/mol. The Morgan fingerprint density at radius 2 is 1.00 bits per heavy atom. The maximum Gasteiger partial charge on any atom is 0.227 e. The molecule has 0 atom stereocenters. The molecule has 0 amide bonds. The van der Waals surface area contributed by atoms with E-state index in [1.807, 2.05) is 6.07 Å². The second-order valence-corrected chi connectivity index (χ2v) is 14.7. The zero-order chi connectivity index (χ0) is 37.8. The van der Waals surface area contributed by atoms with Gasteiger partial charge < -0.3 is 9.32 Å². The topological polar surface area (TPSA) is 29.3 Å². The van der Waals surface area contributed by atoms with E-state index in [0.29, 0.717) is 5.89 Å². The molecule has 57 heavy (non-hydrogen) atoms. The van der Waals surface area contributed by atoms with Crippen molar-refractivity contribution in [2.45, 2.75) is 5.41 Å². The Morgan fingerprint density at radius 3 is 1.77 bits per heavy atom. The molecule has 0 aliphatic heterocycles. The first-order chi connectivity index (χ1) is 28.3. The van der Waals surface area contributed by atoms with Crippen LogP contribution in [-0.4, -0.2) is 4.98 Å². The standard InChI is InChI=1S/C54H36N2O/c1-4-15-37(16-5-1)38-27-29-40(30-28-38)53-55-50-36-44(32-34-52(50)57-53)56(51-26-14-18-39-17-10-11-23-45(39)51)43-31-33-47-46-24-12-13-25-48(46)54(49(47)35-43,41-19-6-2-7-20-41)42-21-8-3-9-22-42/h1-36H. The van der Waals surface area contributed by atoms with Gasteiger partial charge in [0.25, 0.3) is 0 Å². The molecule has 0 spiro atoms. The SMILES string of the molecule is c1ccc(-c2ccc(-c3nc4cc(N(c5ccc6c(c5)C(c5ccccc5)(c5ccccc5)c5ccccc5-6)c5cccc6ccccc56)ccc4o3)cc2)cc1. The number of anilines is 3. The lowest BCUT2D eigenvalue weighted by molar-refractivity contribution is 0.620. The van der Waals surface area contributed by atoms with E-state index in [4.69, 9.17) is 9.40 Å². The second kappa shape index (κ2) is 13.4. The second-order valence-electron chi connectivity index (χ2n) is 14.7. The van der Waals surface area contributed by atoms with Crippen LogP contribution < -0.4 is 4.90 Å². The van der Waals surface area contributed by atoms with Crippen molar-refractivity contribution >= 4 is 38.9 Å². The highest BCUT2D eigenvalue weighted by atomic mass is 16.3. The van der Waals surface area contributed by atoms with Gasteiger partial charge in [0, 0.05) is 22.3 Å². The quantitative estimate of drug-likeness (QED) is 0.164. The molecule has 1 heterocycles. The summed E-state index contributed by atoms with van der Waals surface area (Å²) in [6.45, 7) is 0. The van der Waals surface area contributed by atoms with Crippen molar-refractivity contribution in [1.29, 1.82) is 0 Å². The zero-order valence-electron chi connectivity index (χ0n) is 31.1. The lowest BCUT2D eigenvalue weighted by Crippen LogP contribution is -2.28. The number of nitrogens with zero attached hydrogens (tertiary/aromatic N) is 2. The number of aromatic nitrogens is 1. The minimum Gasteiger partial charge on any atom is -0.436 e. The first-order valence-corrected chi connectivity index (χ1v) is 19.5. The molecule has 0 unspecified atom stereocenters. The van der Waals surface area contributed by atoms with Crippen molar-refractivity contribution in [3.63, 3.8) is 0 Å². The third kappa shape index (κ3) is 5.32. The maximum atomic E-state index is 6.41. The number of fused-ring (bicyclic) bond motifs is 5. The van der Waals surface area contributed by atoms with Crippen LogP contribution in [0.25, 0.3) is 55.6 Å². The van der Waals surface area contributed by atoms with Crippen molar-refractivity contribution in [3.8, 4) is 33.7 Å². The number of rotatable bonds is 7. The zero-order valence-corrected chi connectivity index (χ0v) is 31.1. The van der Waals surface area contributed by atoms with Crippen LogP contribution in [0, 0.1) is 0 Å². The van der Waals surface area contributed by atoms with E-state index >= 15 is 0 Å². The fourth-order valence-electron chi connectivity index (χ4n) is 9.02. The normalized spacial score (nSPS) is 12.7. The summed E-state index contributed by atoms with van der Waals surface area (Å²) in [5.74, 6) is 0.601. The molecule has 268 valence electrons. The molecule has 0 bridgehead atoms. The number of hydrogen-bond acceptors (Lipinski definition) is 3. The molecule has 1 aliphatic rings. The fraction of sp³-hybridized carbons (Fsp3) is 0.0185. The number of oxazole rings is 1. The summed E-state index contributed by atoms with van der Waals surface area (Å²) in [4.78, 5) is 7.46. The van der Waals surface area contributed by atoms with Gasteiger partial charge in [-0.25, -0.2) is 4.98 Å². The minimum atomic E-state index is -0.518. The Balaban J connectivity index is 1.10. The summed E-state index contributed by atoms with van der Waals surface area (Å²) < 4.78 is 6.41. The Kier molecular flexibility index (Phi) is 7.71. The van der Waals surface area contributed by atoms with Crippen LogP contribution in [0.1, 0.15) is 22.3 Å². The van der Waals surface area contributed by atoms with Crippen molar-refractivity contribution in [3.05, 3.63) is 241 Å². The summed E-state index contributed by atoms with van der Waals surface area (Å²) in [5.41, 5.74) is 15.0. The molecule has 0 radical (unpaired) electrons. The minimum absolute atomic E-state index is 0.518. The predicted octanol–water partition coefficient (Wildman–Crippen LogP) is 14.1. The summed E-state index contributed by atoms with van der Waals surface area (Å²) in [7, 11) is 0. The van der Waals surface area contributed by atoms with Gasteiger partial charge in [0.1, 0.15) is 5.52 Å². The highest BCUT2D eigenvalue weighted by molar-refractivity contribution is 6.00. The van der Waals surface area contributed by atoms with E-state index < -0.39 is 5.41 Å². The first kappa shape index (κ1) is 32.9. The largest absolute Gasteiger partial charge is 0.436 e. The van der Waals surface area contributed by atoms with Crippen LogP contribution in [0.15, 0.2) is 223 Å². The molecule has 3 nitrogen and oxygen atoms in total. The summed E-state index contributed by atoms with van der Waals surface area (Å²) in [5, 5.41) is 2.35. The van der Waals surface area contributed by atoms with Gasteiger partial charge in [-0.1, -0.05) is 170 Å². The van der Waals surface area contributed by atoms with Gasteiger partial charge in [0.2, 0.25) is 5.89 Å². The van der Waals surface area contributed by atoms with E-state index in [1.54, 1.807) is 0 Å². The predicted molar refractivity (Wildman–Crippen MR) is 234 cm³/mol. The summed E-state index contributed by atoms with van der Waals surface area (Å²) in [6, 6.07) is 78.3. The Bertz CT molecular complexity index is 3020. The smallest absolute Gasteiger partial charge is 0.227 e. The Morgan fingerprint density at radius 1 is 0.421 bits per heavy atom. The van der Waals surface area contributed by atoms with Gasteiger partial charge in [-0.15, -0.1) is 0 Å². The van der Waals surface area contributed by atoms with Crippen LogP contribution in [0.5, 0.6) is 0 Å². The lowest BCUT2D eigenvalue weighted by atomic mass is 9.67. The molecule has 0 saturated heterocycles. The van der Waals surface area contributed by atoms with E-state index in [1.165, 1.54) is 49.7 Å². The van der Waals surface area contributed by atoms with Crippen LogP contribution in [-0.2, 0) is 5.41 Å². The molecule has 0 fully saturated rings. The van der Waals surface area contributed by atoms with E-state index in [2.05, 4.69) is 217 Å². The van der Waals surface area contributed by atoms with Crippen molar-refractivity contribution in [2.24, 2.45) is 0 Å². The summed E-state index contributed by atoms with van der Waals surface area (Å²) in [6.07, 6.45) is 0. The van der Waals surface area contributed by atoms with Gasteiger partial charge in [0.15, 0.2) is 5.58 Å². The molecule has 9 aromatic carbocycles. The van der Waals surface area contributed by atoms with Gasteiger partial charge in [0.05, 0.1) is 11.1 Å².